The van der Waals surface area contributed by atoms with Crippen LogP contribution in [0.3, 0.4) is 0 Å². The van der Waals surface area contributed by atoms with Crippen molar-refractivity contribution < 1.29 is 14.6 Å². The molecular weight excluding hydrogens is 220 g/mol. The van der Waals surface area contributed by atoms with Crippen LogP contribution >= 0.6 is 0 Å². The van der Waals surface area contributed by atoms with Crippen LogP contribution < -0.4 is 5.32 Å². The number of piperidine rings is 1. The highest BCUT2D eigenvalue weighted by atomic mass is 16.5. The summed E-state index contributed by atoms with van der Waals surface area (Å²) in [5.41, 5.74) is 0. The second-order valence-electron chi connectivity index (χ2n) is 4.63. The van der Waals surface area contributed by atoms with Gasteiger partial charge in [0.25, 0.3) is 0 Å². The molecule has 100 valence electrons. The molecule has 17 heavy (non-hydrogen) atoms. The van der Waals surface area contributed by atoms with Gasteiger partial charge >= 0.3 is 0 Å². The maximum absolute atomic E-state index is 11.1. The number of methoxy groups -OCH3 is 1. The van der Waals surface area contributed by atoms with E-state index in [1.165, 1.54) is 0 Å². The zero-order valence-electron chi connectivity index (χ0n) is 10.8. The minimum atomic E-state index is -0.384. The van der Waals surface area contributed by atoms with Crippen molar-refractivity contribution in [3.05, 3.63) is 0 Å². The molecular formula is C12H24N2O3. The molecule has 1 fully saturated rings. The zero-order chi connectivity index (χ0) is 12.7. The summed E-state index contributed by atoms with van der Waals surface area (Å²) in [6.07, 6.45) is 2.32. The number of ether oxygens (including phenoxy) is 1. The Kier molecular flexibility index (Phi) is 6.47. The average molecular weight is 244 g/mol. The van der Waals surface area contributed by atoms with Crippen molar-refractivity contribution >= 4 is 5.91 Å². The number of aliphatic hydroxyl groups excluding tert-OH is 1. The van der Waals surface area contributed by atoms with E-state index < -0.39 is 0 Å². The normalized spacial score (nSPS) is 19.4. The fraction of sp³-hybridized carbons (Fsp3) is 0.917. The van der Waals surface area contributed by atoms with E-state index >= 15 is 0 Å². The standard InChI is InChI=1S/C12H24N2O3/c1-10(15)14-7-4-11(5-8-14)13-6-3-12(16)9-17-2/h11-13,16H,3-9H2,1-2H3. The zero-order valence-corrected chi connectivity index (χ0v) is 10.8. The summed E-state index contributed by atoms with van der Waals surface area (Å²) >= 11 is 0. The van der Waals surface area contributed by atoms with Crippen LogP contribution in [0.4, 0.5) is 0 Å². The quantitative estimate of drug-likeness (QED) is 0.689. The third-order valence-corrected chi connectivity index (χ3v) is 3.21. The lowest BCUT2D eigenvalue weighted by molar-refractivity contribution is -0.129. The van der Waals surface area contributed by atoms with Crippen molar-refractivity contribution in [1.29, 1.82) is 0 Å². The number of carbonyl (C=O) groups is 1. The number of aliphatic hydroxyl groups is 1. The molecule has 2 N–H and O–H groups in total. The molecule has 0 saturated carbocycles. The Morgan fingerprint density at radius 3 is 2.71 bits per heavy atom. The highest BCUT2D eigenvalue weighted by molar-refractivity contribution is 5.73. The first-order valence-corrected chi connectivity index (χ1v) is 6.29. The molecule has 1 rings (SSSR count). The smallest absolute Gasteiger partial charge is 0.219 e. The molecule has 1 atom stereocenters. The van der Waals surface area contributed by atoms with Gasteiger partial charge in [0, 0.05) is 33.2 Å². The molecule has 0 aromatic carbocycles. The Morgan fingerprint density at radius 1 is 1.53 bits per heavy atom. The van der Waals surface area contributed by atoms with E-state index in [1.54, 1.807) is 14.0 Å². The van der Waals surface area contributed by atoms with Crippen LogP contribution in [0.15, 0.2) is 0 Å². The van der Waals surface area contributed by atoms with Gasteiger partial charge in [0.05, 0.1) is 12.7 Å². The van der Waals surface area contributed by atoms with Crippen molar-refractivity contribution in [3.8, 4) is 0 Å². The molecule has 5 heteroatoms. The first-order valence-electron chi connectivity index (χ1n) is 6.29. The summed E-state index contributed by atoms with van der Waals surface area (Å²) in [5, 5.41) is 12.9. The molecule has 1 aliphatic rings. The van der Waals surface area contributed by atoms with Gasteiger partial charge in [0.1, 0.15) is 0 Å². The van der Waals surface area contributed by atoms with Crippen LogP contribution in [-0.4, -0.2) is 61.4 Å². The number of amides is 1. The molecule has 1 amide bonds. The van der Waals surface area contributed by atoms with E-state index in [9.17, 15) is 9.90 Å². The first kappa shape index (κ1) is 14.4. The van der Waals surface area contributed by atoms with Gasteiger partial charge in [-0.2, -0.15) is 0 Å². The lowest BCUT2D eigenvalue weighted by Crippen LogP contribution is -2.44. The van der Waals surface area contributed by atoms with E-state index in [0.717, 1.165) is 32.5 Å². The first-order chi connectivity index (χ1) is 8.13. The summed E-state index contributed by atoms with van der Waals surface area (Å²) < 4.78 is 4.86. The molecule has 0 aromatic rings. The molecule has 0 spiro atoms. The van der Waals surface area contributed by atoms with E-state index in [0.29, 0.717) is 19.1 Å². The van der Waals surface area contributed by atoms with Gasteiger partial charge in [-0.3, -0.25) is 4.79 Å². The van der Waals surface area contributed by atoms with Crippen LogP contribution in [-0.2, 0) is 9.53 Å². The van der Waals surface area contributed by atoms with Gasteiger partial charge in [0.15, 0.2) is 0 Å². The minimum absolute atomic E-state index is 0.166. The van der Waals surface area contributed by atoms with Crippen LogP contribution in [0.2, 0.25) is 0 Å². The molecule has 1 aliphatic heterocycles. The van der Waals surface area contributed by atoms with Crippen molar-refractivity contribution in [2.24, 2.45) is 0 Å². The third-order valence-electron chi connectivity index (χ3n) is 3.21. The predicted octanol–water partition coefficient (Wildman–Crippen LogP) is -0.0157. The number of nitrogens with zero attached hydrogens (tertiary/aromatic N) is 1. The SMILES string of the molecule is COCC(O)CCNC1CCN(C(C)=O)CC1. The van der Waals surface area contributed by atoms with Crippen molar-refractivity contribution in [2.75, 3.05) is 33.4 Å². The Balaban J connectivity index is 2.08. The van der Waals surface area contributed by atoms with E-state index in [-0.39, 0.29) is 12.0 Å². The Morgan fingerprint density at radius 2 is 2.18 bits per heavy atom. The summed E-state index contributed by atoms with van der Waals surface area (Å²) in [5.74, 6) is 0.166. The van der Waals surface area contributed by atoms with Crippen molar-refractivity contribution in [2.45, 2.75) is 38.3 Å². The largest absolute Gasteiger partial charge is 0.391 e. The van der Waals surface area contributed by atoms with Gasteiger partial charge in [-0.05, 0) is 25.8 Å². The third kappa shape index (κ3) is 5.48. The van der Waals surface area contributed by atoms with E-state index in [1.807, 2.05) is 4.90 Å². The highest BCUT2D eigenvalue weighted by Crippen LogP contribution is 2.10. The summed E-state index contributed by atoms with van der Waals surface area (Å²) in [7, 11) is 1.59. The number of likely N-dealkylation sites (tertiary alicyclic amines) is 1. The lowest BCUT2D eigenvalue weighted by Gasteiger charge is -2.32. The number of carbonyl (C=O) groups excluding carboxylic acids is 1. The second kappa shape index (κ2) is 7.63. The number of hydrogen-bond acceptors (Lipinski definition) is 4. The van der Waals surface area contributed by atoms with Gasteiger partial charge < -0.3 is 20.1 Å². The highest BCUT2D eigenvalue weighted by Gasteiger charge is 2.20. The maximum Gasteiger partial charge on any atom is 0.219 e. The Bertz CT molecular complexity index is 228. The van der Waals surface area contributed by atoms with Crippen LogP contribution in [0, 0.1) is 0 Å². The number of rotatable bonds is 6. The summed E-state index contributed by atoms with van der Waals surface area (Å²) in [4.78, 5) is 13.0. The van der Waals surface area contributed by atoms with Crippen LogP contribution in [0.1, 0.15) is 26.2 Å². The molecule has 1 saturated heterocycles. The average Bonchev–Trinajstić information content (AvgIpc) is 2.30. The molecule has 0 radical (unpaired) electrons. The van der Waals surface area contributed by atoms with E-state index in [2.05, 4.69) is 5.32 Å². The van der Waals surface area contributed by atoms with E-state index in [4.69, 9.17) is 4.74 Å². The fourth-order valence-electron chi connectivity index (χ4n) is 2.13. The monoisotopic (exact) mass is 244 g/mol. The lowest BCUT2D eigenvalue weighted by atomic mass is 10.0. The maximum atomic E-state index is 11.1. The predicted molar refractivity (Wildman–Crippen MR) is 65.8 cm³/mol. The van der Waals surface area contributed by atoms with Gasteiger partial charge in [-0.1, -0.05) is 0 Å². The van der Waals surface area contributed by atoms with Crippen molar-refractivity contribution in [1.82, 2.24) is 10.2 Å². The molecule has 1 heterocycles. The fourth-order valence-corrected chi connectivity index (χ4v) is 2.13. The summed E-state index contributed by atoms with van der Waals surface area (Å²) in [6.45, 7) is 4.50. The van der Waals surface area contributed by atoms with Crippen LogP contribution in [0.25, 0.3) is 0 Å². The molecule has 0 aliphatic carbocycles. The number of nitrogens with one attached hydrogen (secondary N) is 1. The topological polar surface area (TPSA) is 61.8 Å². The minimum Gasteiger partial charge on any atom is -0.391 e. The molecule has 0 bridgehead atoms. The van der Waals surface area contributed by atoms with Gasteiger partial charge in [-0.25, -0.2) is 0 Å². The Labute approximate surface area is 103 Å². The molecule has 1 unspecified atom stereocenters. The second-order valence-corrected chi connectivity index (χ2v) is 4.63. The van der Waals surface area contributed by atoms with Crippen molar-refractivity contribution in [3.63, 3.8) is 0 Å². The van der Waals surface area contributed by atoms with Crippen LogP contribution in [0.5, 0.6) is 0 Å². The van der Waals surface area contributed by atoms with Gasteiger partial charge in [0.2, 0.25) is 5.91 Å². The Hall–Kier alpha value is -0.650. The summed E-state index contributed by atoms with van der Waals surface area (Å²) in [6, 6.07) is 0.473. The molecule has 5 nitrogen and oxygen atoms in total. The van der Waals surface area contributed by atoms with Gasteiger partial charge in [-0.15, -0.1) is 0 Å². The molecule has 0 aromatic heterocycles. The number of hydrogen-bond donors (Lipinski definition) is 2.